The van der Waals surface area contributed by atoms with Gasteiger partial charge in [-0.15, -0.1) is 0 Å². The van der Waals surface area contributed by atoms with E-state index in [1.165, 1.54) is 5.12 Å². The van der Waals surface area contributed by atoms with Crippen molar-refractivity contribution in [3.63, 3.8) is 0 Å². The number of fused-ring (bicyclic) bond motifs is 2. The van der Waals surface area contributed by atoms with E-state index in [1.807, 2.05) is 35.2 Å². The second-order valence-electron chi connectivity index (χ2n) is 9.24. The van der Waals surface area contributed by atoms with Crippen molar-refractivity contribution in [2.24, 2.45) is 0 Å². The summed E-state index contributed by atoms with van der Waals surface area (Å²) in [6.07, 6.45) is 1.52. The summed E-state index contributed by atoms with van der Waals surface area (Å²) in [5.74, 6) is -0.340. The van der Waals surface area contributed by atoms with Crippen LogP contribution in [0.3, 0.4) is 0 Å². The molecule has 0 aromatic heterocycles. The second-order valence-corrected chi connectivity index (χ2v) is 9.24. The van der Waals surface area contributed by atoms with Gasteiger partial charge in [0.1, 0.15) is 18.2 Å². The molecule has 0 aliphatic carbocycles. The lowest BCUT2D eigenvalue weighted by molar-refractivity contribution is -0.140. The lowest BCUT2D eigenvalue weighted by Gasteiger charge is -2.23. The zero-order valence-electron chi connectivity index (χ0n) is 21.0. The van der Waals surface area contributed by atoms with Gasteiger partial charge in [-0.3, -0.25) is 15.1 Å². The number of rotatable bonds is 7. The van der Waals surface area contributed by atoms with Gasteiger partial charge in [0.15, 0.2) is 0 Å². The quantitative estimate of drug-likeness (QED) is 0.514. The van der Waals surface area contributed by atoms with E-state index in [-0.39, 0.29) is 18.0 Å². The Balaban J connectivity index is 0.000000240. The molecule has 2 fully saturated rings. The molecule has 11 nitrogen and oxygen atoms in total. The molecule has 4 amide bonds. The fraction of sp³-hybridized carbons (Fsp3) is 0.609. The van der Waals surface area contributed by atoms with E-state index in [1.54, 1.807) is 46.9 Å². The number of hydrogen-bond acceptors (Lipinski definition) is 7. The summed E-state index contributed by atoms with van der Waals surface area (Å²) in [7, 11) is 3.30. The Hall–Kier alpha value is -2.89. The second kappa shape index (κ2) is 12.5. The van der Waals surface area contributed by atoms with Crippen LogP contribution in [-0.2, 0) is 21.0 Å². The van der Waals surface area contributed by atoms with Crippen molar-refractivity contribution in [2.45, 2.75) is 64.8 Å². The van der Waals surface area contributed by atoms with Crippen LogP contribution < -0.4 is 16.2 Å². The third kappa shape index (κ3) is 8.81. The molecule has 1 aromatic rings. The Kier molecular flexibility index (Phi) is 10.1. The van der Waals surface area contributed by atoms with Crippen molar-refractivity contribution in [3.05, 3.63) is 35.9 Å². The first-order valence-electron chi connectivity index (χ1n) is 11.5. The average Bonchev–Trinajstić information content (AvgIpc) is 2.99. The fourth-order valence-electron chi connectivity index (χ4n) is 3.36. The van der Waals surface area contributed by atoms with Crippen LogP contribution in [0.5, 0.6) is 0 Å². The molecule has 2 heterocycles. The summed E-state index contributed by atoms with van der Waals surface area (Å²) in [6, 6.07) is 9.55. The first-order valence-corrected chi connectivity index (χ1v) is 11.5. The van der Waals surface area contributed by atoms with Crippen molar-refractivity contribution in [1.29, 1.82) is 0 Å². The average molecular weight is 479 g/mol. The Bertz CT molecular complexity index is 816. The standard InChI is InChI=1S/C13H16N2O2.C10H22N4O3/c16-13-14-8-4-7-12(9-14)15(13)17-10-11-5-2-1-3-6-11;1-7(8(15)13-14(6)11-5)12-9(16)17-10(2,3)4/h1-3,5-6,12H,4,7-10H2;7,11H,1-6H3,(H,12,16)(H,13,15). The van der Waals surface area contributed by atoms with Gasteiger partial charge in [-0.05, 0) is 46.1 Å². The normalized spacial score (nSPS) is 18.2. The minimum Gasteiger partial charge on any atom is -0.444 e. The lowest BCUT2D eigenvalue weighted by Crippen LogP contribution is -2.53. The Morgan fingerprint density at radius 1 is 1.24 bits per heavy atom. The molecule has 2 unspecified atom stereocenters. The number of alkyl carbamates (subject to hydrolysis) is 1. The summed E-state index contributed by atoms with van der Waals surface area (Å²) >= 11 is 0. The van der Waals surface area contributed by atoms with Crippen LogP contribution in [0.15, 0.2) is 30.3 Å². The molecule has 2 saturated heterocycles. The zero-order chi connectivity index (χ0) is 25.3. The van der Waals surface area contributed by atoms with E-state index < -0.39 is 17.7 Å². The number of carbonyl (C=O) groups excluding carboxylic acids is 3. The molecule has 0 radical (unpaired) electrons. The maximum atomic E-state index is 11.9. The number of nitrogens with one attached hydrogen (secondary N) is 3. The number of hydroxylamine groups is 2. The number of ether oxygens (including phenoxy) is 1. The highest BCUT2D eigenvalue weighted by atomic mass is 16.7. The first kappa shape index (κ1) is 27.4. The van der Waals surface area contributed by atoms with Gasteiger partial charge in [0.05, 0.1) is 6.04 Å². The number of carbonyl (C=O) groups is 3. The molecule has 2 aliphatic rings. The maximum absolute atomic E-state index is 11.9. The van der Waals surface area contributed by atoms with Gasteiger partial charge in [0.2, 0.25) is 0 Å². The van der Waals surface area contributed by atoms with Gasteiger partial charge >= 0.3 is 12.1 Å². The number of hydrazine groups is 2. The predicted octanol–water partition coefficient (Wildman–Crippen LogP) is 2.02. The first-order chi connectivity index (χ1) is 16.0. The predicted molar refractivity (Wildman–Crippen MR) is 127 cm³/mol. The van der Waals surface area contributed by atoms with Crippen LogP contribution in [0.25, 0.3) is 0 Å². The maximum Gasteiger partial charge on any atom is 0.408 e. The minimum atomic E-state index is -0.680. The largest absolute Gasteiger partial charge is 0.444 e. The molecule has 2 atom stereocenters. The summed E-state index contributed by atoms with van der Waals surface area (Å²) in [6.45, 7) is 9.01. The van der Waals surface area contributed by atoms with Crippen molar-refractivity contribution in [1.82, 2.24) is 31.2 Å². The van der Waals surface area contributed by atoms with Crippen LogP contribution in [0.1, 0.15) is 46.1 Å². The Morgan fingerprint density at radius 3 is 2.50 bits per heavy atom. The summed E-state index contributed by atoms with van der Waals surface area (Å²) in [4.78, 5) is 42.4. The summed E-state index contributed by atoms with van der Waals surface area (Å²) in [5.41, 5.74) is 5.72. The van der Waals surface area contributed by atoms with Crippen LogP contribution in [0.2, 0.25) is 0 Å². The molecule has 2 aliphatic heterocycles. The molecular formula is C23H38N6O5. The molecule has 0 spiro atoms. The van der Waals surface area contributed by atoms with E-state index in [9.17, 15) is 14.4 Å². The van der Waals surface area contributed by atoms with E-state index in [0.717, 1.165) is 31.5 Å². The van der Waals surface area contributed by atoms with Crippen LogP contribution in [0.4, 0.5) is 9.59 Å². The fourth-order valence-corrected chi connectivity index (χ4v) is 3.36. The molecule has 3 N–H and O–H groups in total. The van der Waals surface area contributed by atoms with E-state index in [4.69, 9.17) is 9.57 Å². The molecule has 34 heavy (non-hydrogen) atoms. The number of nitrogens with zero attached hydrogens (tertiary/aromatic N) is 3. The van der Waals surface area contributed by atoms with Gasteiger partial charge in [-0.25, -0.2) is 15.0 Å². The van der Waals surface area contributed by atoms with Gasteiger partial charge < -0.3 is 15.0 Å². The number of urea groups is 1. The topological polar surface area (TPSA) is 115 Å². The van der Waals surface area contributed by atoms with E-state index >= 15 is 0 Å². The van der Waals surface area contributed by atoms with Gasteiger partial charge in [0.25, 0.3) is 5.91 Å². The highest BCUT2D eigenvalue weighted by Gasteiger charge is 2.40. The molecule has 1 aromatic carbocycles. The highest BCUT2D eigenvalue weighted by Crippen LogP contribution is 2.26. The third-order valence-corrected chi connectivity index (χ3v) is 5.14. The monoisotopic (exact) mass is 478 g/mol. The smallest absolute Gasteiger partial charge is 0.408 e. The van der Waals surface area contributed by atoms with Crippen molar-refractivity contribution in [2.75, 3.05) is 27.2 Å². The van der Waals surface area contributed by atoms with Gasteiger partial charge in [0, 0.05) is 27.2 Å². The minimum absolute atomic E-state index is 0.0310. The number of benzene rings is 1. The molecule has 0 saturated carbocycles. The number of piperidine rings is 1. The SMILES string of the molecule is CNN(C)NC(=O)C(C)NC(=O)OC(C)(C)C.O=C1N2CCCC(C2)N1OCc1ccccc1. The molecular weight excluding hydrogens is 440 g/mol. The Labute approximate surface area is 201 Å². The summed E-state index contributed by atoms with van der Waals surface area (Å²) in [5, 5.41) is 5.39. The van der Waals surface area contributed by atoms with Crippen molar-refractivity contribution < 1.29 is 24.0 Å². The zero-order valence-corrected chi connectivity index (χ0v) is 21.0. The summed E-state index contributed by atoms with van der Waals surface area (Å²) < 4.78 is 5.03. The van der Waals surface area contributed by atoms with Crippen molar-refractivity contribution >= 4 is 18.0 Å². The van der Waals surface area contributed by atoms with Crippen LogP contribution >= 0.6 is 0 Å². The number of hydrogen-bond donors (Lipinski definition) is 3. The van der Waals surface area contributed by atoms with Gasteiger partial charge in [-0.1, -0.05) is 30.3 Å². The van der Waals surface area contributed by atoms with Gasteiger partial charge in [-0.2, -0.15) is 10.2 Å². The molecule has 3 rings (SSSR count). The van der Waals surface area contributed by atoms with Crippen LogP contribution in [0, 0.1) is 0 Å². The molecule has 11 heteroatoms. The third-order valence-electron chi connectivity index (χ3n) is 5.14. The van der Waals surface area contributed by atoms with E-state index in [0.29, 0.717) is 6.61 Å². The molecule has 190 valence electrons. The van der Waals surface area contributed by atoms with Crippen LogP contribution in [-0.4, -0.2) is 78.0 Å². The number of amides is 4. The highest BCUT2D eigenvalue weighted by molar-refractivity contribution is 5.84. The molecule has 2 bridgehead atoms. The van der Waals surface area contributed by atoms with Crippen molar-refractivity contribution in [3.8, 4) is 0 Å². The Morgan fingerprint density at radius 2 is 1.91 bits per heavy atom. The van der Waals surface area contributed by atoms with E-state index in [2.05, 4.69) is 16.2 Å². The lowest BCUT2D eigenvalue weighted by atomic mass is 10.1.